The molecule has 142 valence electrons. The fraction of sp³-hybridized carbons (Fsp3) is 0.368. The normalized spacial score (nSPS) is 14.3. The fourth-order valence-corrected chi connectivity index (χ4v) is 4.00. The molecule has 0 aliphatic carbocycles. The molecular weight excluding hydrogens is 366 g/mol. The first-order valence-corrected chi connectivity index (χ1v) is 9.63. The Labute approximate surface area is 161 Å². The van der Waals surface area contributed by atoms with Gasteiger partial charge in [0.15, 0.2) is 5.78 Å². The summed E-state index contributed by atoms with van der Waals surface area (Å²) in [7, 11) is 0. The van der Waals surface area contributed by atoms with Crippen LogP contribution in [-0.4, -0.2) is 47.7 Å². The van der Waals surface area contributed by atoms with Gasteiger partial charge in [-0.1, -0.05) is 12.1 Å². The number of nitro benzene ring substituents is 1. The quantitative estimate of drug-likeness (QED) is 0.431. The lowest BCUT2D eigenvalue weighted by atomic mass is 10.1. The van der Waals surface area contributed by atoms with Crippen molar-refractivity contribution >= 4 is 34.4 Å². The minimum Gasteiger partial charge on any atom is -0.362 e. The standard InChI is InChI=1S/C19H21N3O4S/c1-14-6-8-18(27-14)17(23)7-9-19(24)21-12-10-20(11-13-21)15-4-2-3-5-16(15)22(25)26/h2-6,8H,7,9-13H2,1H3. The van der Waals surface area contributed by atoms with Crippen molar-refractivity contribution in [2.45, 2.75) is 19.8 Å². The van der Waals surface area contributed by atoms with E-state index in [1.165, 1.54) is 17.4 Å². The van der Waals surface area contributed by atoms with Gasteiger partial charge in [-0.05, 0) is 25.1 Å². The number of benzene rings is 1. The van der Waals surface area contributed by atoms with Crippen LogP contribution in [0.2, 0.25) is 0 Å². The van der Waals surface area contributed by atoms with E-state index in [0.29, 0.717) is 36.7 Å². The van der Waals surface area contributed by atoms with Crippen molar-refractivity contribution in [1.29, 1.82) is 0 Å². The molecule has 0 atom stereocenters. The number of piperazine rings is 1. The molecule has 0 spiro atoms. The van der Waals surface area contributed by atoms with Crippen molar-refractivity contribution in [3.63, 3.8) is 0 Å². The van der Waals surface area contributed by atoms with Crippen LogP contribution in [0.3, 0.4) is 0 Å². The van der Waals surface area contributed by atoms with Crippen LogP contribution in [0.25, 0.3) is 0 Å². The predicted octanol–water partition coefficient (Wildman–Crippen LogP) is 3.28. The third-order valence-corrected chi connectivity index (χ3v) is 5.67. The molecule has 2 heterocycles. The Morgan fingerprint density at radius 1 is 1.07 bits per heavy atom. The van der Waals surface area contributed by atoms with E-state index in [2.05, 4.69) is 0 Å². The second-order valence-corrected chi connectivity index (χ2v) is 7.74. The molecule has 1 aromatic carbocycles. The van der Waals surface area contributed by atoms with E-state index in [-0.39, 0.29) is 35.1 Å². The molecule has 7 nitrogen and oxygen atoms in total. The lowest BCUT2D eigenvalue weighted by molar-refractivity contribution is -0.384. The number of nitrogens with zero attached hydrogens (tertiary/aromatic N) is 3. The van der Waals surface area contributed by atoms with Crippen LogP contribution in [0, 0.1) is 17.0 Å². The first-order chi connectivity index (χ1) is 13.0. The van der Waals surface area contributed by atoms with Gasteiger partial charge in [0.25, 0.3) is 5.69 Å². The average Bonchev–Trinajstić information content (AvgIpc) is 3.12. The molecule has 27 heavy (non-hydrogen) atoms. The number of thiophene rings is 1. The van der Waals surface area contributed by atoms with Gasteiger partial charge >= 0.3 is 0 Å². The summed E-state index contributed by atoms with van der Waals surface area (Å²) in [5.74, 6) is -0.0427. The Hall–Kier alpha value is -2.74. The van der Waals surface area contributed by atoms with Gasteiger partial charge in [-0.3, -0.25) is 19.7 Å². The largest absolute Gasteiger partial charge is 0.362 e. The second kappa shape index (κ2) is 8.30. The van der Waals surface area contributed by atoms with Gasteiger partial charge in [-0.15, -0.1) is 11.3 Å². The maximum atomic E-state index is 12.4. The van der Waals surface area contributed by atoms with Crippen LogP contribution in [0.15, 0.2) is 36.4 Å². The highest BCUT2D eigenvalue weighted by Crippen LogP contribution is 2.28. The van der Waals surface area contributed by atoms with E-state index in [9.17, 15) is 19.7 Å². The molecule has 1 aliphatic rings. The van der Waals surface area contributed by atoms with E-state index >= 15 is 0 Å². The molecule has 1 amide bonds. The van der Waals surface area contributed by atoms with Gasteiger partial charge < -0.3 is 9.80 Å². The third-order valence-electron chi connectivity index (χ3n) is 4.63. The molecule has 8 heteroatoms. The minimum atomic E-state index is -0.384. The fourth-order valence-electron chi connectivity index (χ4n) is 3.17. The van der Waals surface area contributed by atoms with Crippen LogP contribution in [0.5, 0.6) is 0 Å². The van der Waals surface area contributed by atoms with Crippen molar-refractivity contribution in [1.82, 2.24) is 4.90 Å². The SMILES string of the molecule is Cc1ccc(C(=O)CCC(=O)N2CCN(c3ccccc3[N+](=O)[O-])CC2)s1. The Morgan fingerprint density at radius 2 is 1.78 bits per heavy atom. The molecule has 0 saturated carbocycles. The smallest absolute Gasteiger partial charge is 0.292 e. The molecule has 1 aromatic heterocycles. The van der Waals surface area contributed by atoms with E-state index in [4.69, 9.17) is 0 Å². The number of ketones is 1. The highest BCUT2D eigenvalue weighted by Gasteiger charge is 2.25. The number of Topliss-reactive ketones (excluding diaryl/α,β-unsaturated/α-hetero) is 1. The highest BCUT2D eigenvalue weighted by atomic mass is 32.1. The van der Waals surface area contributed by atoms with Crippen molar-refractivity contribution in [3.05, 3.63) is 56.3 Å². The van der Waals surface area contributed by atoms with Crippen molar-refractivity contribution < 1.29 is 14.5 Å². The molecule has 2 aromatic rings. The summed E-state index contributed by atoms with van der Waals surface area (Å²) >= 11 is 1.45. The van der Waals surface area contributed by atoms with Gasteiger partial charge in [-0.25, -0.2) is 0 Å². The van der Waals surface area contributed by atoms with Crippen LogP contribution in [0.1, 0.15) is 27.4 Å². The maximum Gasteiger partial charge on any atom is 0.292 e. The van der Waals surface area contributed by atoms with E-state index < -0.39 is 0 Å². The van der Waals surface area contributed by atoms with Gasteiger partial charge in [0.2, 0.25) is 5.91 Å². The molecule has 1 saturated heterocycles. The Kier molecular flexibility index (Phi) is 5.85. The van der Waals surface area contributed by atoms with Crippen LogP contribution < -0.4 is 4.90 Å². The van der Waals surface area contributed by atoms with Crippen LogP contribution in [-0.2, 0) is 4.79 Å². The number of aryl methyl sites for hydroxylation is 1. The Morgan fingerprint density at radius 3 is 2.41 bits per heavy atom. The Balaban J connectivity index is 1.52. The van der Waals surface area contributed by atoms with Crippen molar-refractivity contribution in [2.75, 3.05) is 31.1 Å². The number of hydrogen-bond acceptors (Lipinski definition) is 6. The Bertz CT molecular complexity index is 856. The predicted molar refractivity (Wildman–Crippen MR) is 105 cm³/mol. The number of anilines is 1. The molecule has 0 unspecified atom stereocenters. The molecule has 0 radical (unpaired) electrons. The summed E-state index contributed by atoms with van der Waals surface area (Å²) in [5.41, 5.74) is 0.659. The van der Waals surface area contributed by atoms with E-state index in [1.807, 2.05) is 17.9 Å². The maximum absolute atomic E-state index is 12.4. The molecule has 1 fully saturated rings. The zero-order chi connectivity index (χ0) is 19.4. The lowest BCUT2D eigenvalue weighted by Crippen LogP contribution is -2.49. The van der Waals surface area contributed by atoms with E-state index in [0.717, 1.165) is 4.88 Å². The minimum absolute atomic E-state index is 0.00000341. The number of carbonyl (C=O) groups excluding carboxylic acids is 2. The molecule has 0 bridgehead atoms. The molecule has 3 rings (SSSR count). The molecule has 1 aliphatic heterocycles. The second-order valence-electron chi connectivity index (χ2n) is 6.45. The summed E-state index contributed by atoms with van der Waals surface area (Å²) in [5, 5.41) is 11.2. The average molecular weight is 387 g/mol. The van der Waals surface area contributed by atoms with Crippen molar-refractivity contribution in [3.8, 4) is 0 Å². The number of carbonyl (C=O) groups is 2. The van der Waals surface area contributed by atoms with Crippen LogP contribution in [0.4, 0.5) is 11.4 Å². The molecular formula is C19H21N3O4S. The van der Waals surface area contributed by atoms with E-state index in [1.54, 1.807) is 29.2 Å². The molecule has 0 N–H and O–H groups in total. The van der Waals surface area contributed by atoms with Crippen molar-refractivity contribution in [2.24, 2.45) is 0 Å². The summed E-state index contributed by atoms with van der Waals surface area (Å²) < 4.78 is 0. The summed E-state index contributed by atoms with van der Waals surface area (Å²) in [6, 6.07) is 10.4. The van der Waals surface area contributed by atoms with Gasteiger partial charge in [0, 0.05) is 50.0 Å². The number of amides is 1. The number of nitro groups is 1. The summed E-state index contributed by atoms with van der Waals surface area (Å²) in [6.07, 6.45) is 0.407. The third kappa shape index (κ3) is 4.51. The first-order valence-electron chi connectivity index (χ1n) is 8.81. The zero-order valence-corrected chi connectivity index (χ0v) is 15.9. The van der Waals surface area contributed by atoms with Gasteiger partial charge in [-0.2, -0.15) is 0 Å². The van der Waals surface area contributed by atoms with Crippen LogP contribution >= 0.6 is 11.3 Å². The van der Waals surface area contributed by atoms with Gasteiger partial charge in [0.05, 0.1) is 9.80 Å². The topological polar surface area (TPSA) is 83.8 Å². The summed E-state index contributed by atoms with van der Waals surface area (Å²) in [6.45, 7) is 4.01. The highest BCUT2D eigenvalue weighted by molar-refractivity contribution is 7.14. The van der Waals surface area contributed by atoms with Gasteiger partial charge in [0.1, 0.15) is 5.69 Å². The first kappa shape index (κ1) is 19.0. The lowest BCUT2D eigenvalue weighted by Gasteiger charge is -2.35. The summed E-state index contributed by atoms with van der Waals surface area (Å²) in [4.78, 5) is 40.8. The monoisotopic (exact) mass is 387 g/mol. The zero-order valence-electron chi connectivity index (χ0n) is 15.1. The number of para-hydroxylation sites is 2. The number of hydrogen-bond donors (Lipinski definition) is 0. The number of rotatable bonds is 6.